The fourth-order valence-corrected chi connectivity index (χ4v) is 3.05. The molecule has 1 aliphatic rings. The molecule has 0 amide bonds. The average molecular weight is 348 g/mol. The molecule has 6 heteroatoms. The van der Waals surface area contributed by atoms with Crippen LogP contribution in [0.15, 0.2) is 41.3 Å². The van der Waals surface area contributed by atoms with E-state index in [1.165, 1.54) is 0 Å². The smallest absolute Gasteiger partial charge is 0.255 e. The summed E-state index contributed by atoms with van der Waals surface area (Å²) in [5, 5.41) is 3.94. The lowest BCUT2D eigenvalue weighted by Crippen LogP contribution is -2.39. The van der Waals surface area contributed by atoms with Gasteiger partial charge in [-0.25, -0.2) is 0 Å². The summed E-state index contributed by atoms with van der Waals surface area (Å²) in [5.41, 5.74) is 2.58. The van der Waals surface area contributed by atoms with Crippen LogP contribution in [0.1, 0.15) is 5.56 Å². The number of aryl methyl sites for hydroxylation is 1. The van der Waals surface area contributed by atoms with Gasteiger partial charge in [-0.15, -0.1) is 0 Å². The number of halogens is 1. The standard InChI is InChI=1S/C18H22ClN3O2/c1-14-2-5-18(23)22(13-14)17-4-3-15(12-16(17)19)20-6-7-21-8-10-24-11-9-21/h2-5,12-13,20H,6-11H2,1H3. The highest BCUT2D eigenvalue weighted by Crippen LogP contribution is 2.23. The molecule has 1 aliphatic heterocycles. The molecular formula is C18H22ClN3O2. The van der Waals surface area contributed by atoms with Gasteiger partial charge in [0.25, 0.3) is 5.56 Å². The van der Waals surface area contributed by atoms with E-state index in [0.29, 0.717) is 10.7 Å². The average Bonchev–Trinajstić information content (AvgIpc) is 2.58. The summed E-state index contributed by atoms with van der Waals surface area (Å²) in [6.07, 6.45) is 1.80. The molecule has 0 unspecified atom stereocenters. The highest BCUT2D eigenvalue weighted by Gasteiger charge is 2.10. The van der Waals surface area contributed by atoms with E-state index in [1.807, 2.05) is 25.1 Å². The molecule has 0 spiro atoms. The first-order valence-corrected chi connectivity index (χ1v) is 8.54. The van der Waals surface area contributed by atoms with E-state index < -0.39 is 0 Å². The lowest BCUT2D eigenvalue weighted by molar-refractivity contribution is 0.0398. The first-order chi connectivity index (χ1) is 11.6. The summed E-state index contributed by atoms with van der Waals surface area (Å²) in [6.45, 7) is 7.36. The third kappa shape index (κ3) is 4.17. The Morgan fingerprint density at radius 1 is 1.21 bits per heavy atom. The maximum atomic E-state index is 12.0. The van der Waals surface area contributed by atoms with Crippen molar-refractivity contribution in [2.24, 2.45) is 0 Å². The maximum absolute atomic E-state index is 12.0. The first kappa shape index (κ1) is 17.0. The monoisotopic (exact) mass is 347 g/mol. The van der Waals surface area contributed by atoms with Crippen molar-refractivity contribution in [2.45, 2.75) is 6.92 Å². The molecule has 0 bridgehead atoms. The Kier molecular flexibility index (Phi) is 5.56. The topological polar surface area (TPSA) is 46.5 Å². The number of hydrogen-bond acceptors (Lipinski definition) is 4. The van der Waals surface area contributed by atoms with E-state index in [9.17, 15) is 4.79 Å². The predicted octanol–water partition coefficient (Wildman–Crippen LogP) is 2.54. The second kappa shape index (κ2) is 7.83. The molecule has 2 aromatic rings. The van der Waals surface area contributed by atoms with Crippen LogP contribution in [0.3, 0.4) is 0 Å². The van der Waals surface area contributed by atoms with E-state index in [1.54, 1.807) is 22.9 Å². The first-order valence-electron chi connectivity index (χ1n) is 8.17. The molecule has 0 atom stereocenters. The van der Waals surface area contributed by atoms with Gasteiger partial charge < -0.3 is 10.1 Å². The Hall–Kier alpha value is -1.82. The predicted molar refractivity (Wildman–Crippen MR) is 97.5 cm³/mol. The van der Waals surface area contributed by atoms with Gasteiger partial charge in [0.2, 0.25) is 0 Å². The number of hydrogen-bond donors (Lipinski definition) is 1. The Balaban J connectivity index is 1.66. The zero-order valence-corrected chi connectivity index (χ0v) is 14.6. The van der Waals surface area contributed by atoms with Crippen molar-refractivity contribution in [3.05, 3.63) is 57.5 Å². The SMILES string of the molecule is Cc1ccc(=O)n(-c2ccc(NCCN3CCOCC3)cc2Cl)c1. The van der Waals surface area contributed by atoms with Crippen LogP contribution < -0.4 is 10.9 Å². The number of rotatable bonds is 5. The van der Waals surface area contributed by atoms with E-state index >= 15 is 0 Å². The molecule has 0 radical (unpaired) electrons. The summed E-state index contributed by atoms with van der Waals surface area (Å²) < 4.78 is 6.92. The molecule has 1 aromatic heterocycles. The number of ether oxygens (including phenoxy) is 1. The van der Waals surface area contributed by atoms with Crippen LogP contribution in [-0.4, -0.2) is 48.9 Å². The van der Waals surface area contributed by atoms with Crippen LogP contribution in [-0.2, 0) is 4.74 Å². The quantitative estimate of drug-likeness (QED) is 0.903. The van der Waals surface area contributed by atoms with Crippen molar-refractivity contribution >= 4 is 17.3 Å². The van der Waals surface area contributed by atoms with Gasteiger partial charge in [-0.3, -0.25) is 14.3 Å². The lowest BCUT2D eigenvalue weighted by atomic mass is 10.2. The van der Waals surface area contributed by atoms with Gasteiger partial charge in [-0.2, -0.15) is 0 Å². The Labute approximate surface area is 146 Å². The molecule has 0 saturated carbocycles. The maximum Gasteiger partial charge on any atom is 0.255 e. The highest BCUT2D eigenvalue weighted by atomic mass is 35.5. The largest absolute Gasteiger partial charge is 0.384 e. The van der Waals surface area contributed by atoms with Crippen molar-refractivity contribution < 1.29 is 4.74 Å². The second-order valence-corrected chi connectivity index (χ2v) is 6.37. The van der Waals surface area contributed by atoms with Crippen molar-refractivity contribution in [1.29, 1.82) is 0 Å². The van der Waals surface area contributed by atoms with Gasteiger partial charge in [-0.05, 0) is 30.7 Å². The van der Waals surface area contributed by atoms with Gasteiger partial charge in [0, 0.05) is 44.1 Å². The summed E-state index contributed by atoms with van der Waals surface area (Å²) in [5.74, 6) is 0. The molecule has 0 aliphatic carbocycles. The number of aromatic nitrogens is 1. The molecule has 2 heterocycles. The van der Waals surface area contributed by atoms with Crippen LogP contribution in [0, 0.1) is 6.92 Å². The Morgan fingerprint density at radius 2 is 2.00 bits per heavy atom. The molecular weight excluding hydrogens is 326 g/mol. The molecule has 128 valence electrons. The number of benzene rings is 1. The molecule has 5 nitrogen and oxygen atoms in total. The van der Waals surface area contributed by atoms with Crippen LogP contribution in [0.5, 0.6) is 0 Å². The molecule has 1 fully saturated rings. The van der Waals surface area contributed by atoms with E-state index in [2.05, 4.69) is 10.2 Å². The van der Waals surface area contributed by atoms with E-state index in [4.69, 9.17) is 16.3 Å². The number of nitrogens with one attached hydrogen (secondary N) is 1. The third-order valence-corrected chi connectivity index (χ3v) is 4.43. The molecule has 1 N–H and O–H groups in total. The zero-order valence-electron chi connectivity index (χ0n) is 13.8. The second-order valence-electron chi connectivity index (χ2n) is 5.96. The molecule has 1 aromatic carbocycles. The third-order valence-electron chi connectivity index (χ3n) is 4.13. The summed E-state index contributed by atoms with van der Waals surface area (Å²) in [6, 6.07) is 9.05. The number of morpholine rings is 1. The minimum atomic E-state index is -0.0875. The molecule has 24 heavy (non-hydrogen) atoms. The van der Waals surface area contributed by atoms with Crippen molar-refractivity contribution in [2.75, 3.05) is 44.7 Å². The van der Waals surface area contributed by atoms with Crippen LogP contribution >= 0.6 is 11.6 Å². The van der Waals surface area contributed by atoms with Crippen LogP contribution in [0.2, 0.25) is 5.02 Å². The minimum absolute atomic E-state index is 0.0875. The highest BCUT2D eigenvalue weighted by molar-refractivity contribution is 6.32. The summed E-state index contributed by atoms with van der Waals surface area (Å²) in [7, 11) is 0. The molecule has 3 rings (SSSR count). The minimum Gasteiger partial charge on any atom is -0.384 e. The number of pyridine rings is 1. The Morgan fingerprint density at radius 3 is 2.75 bits per heavy atom. The zero-order chi connectivity index (χ0) is 16.9. The van der Waals surface area contributed by atoms with Gasteiger partial charge in [0.1, 0.15) is 0 Å². The van der Waals surface area contributed by atoms with E-state index in [-0.39, 0.29) is 5.56 Å². The van der Waals surface area contributed by atoms with Crippen molar-refractivity contribution in [3.63, 3.8) is 0 Å². The lowest BCUT2D eigenvalue weighted by Gasteiger charge is -2.26. The fraction of sp³-hybridized carbons (Fsp3) is 0.389. The number of nitrogens with zero attached hydrogens (tertiary/aromatic N) is 2. The van der Waals surface area contributed by atoms with Gasteiger partial charge in [-0.1, -0.05) is 17.7 Å². The van der Waals surface area contributed by atoms with Gasteiger partial charge >= 0.3 is 0 Å². The van der Waals surface area contributed by atoms with E-state index in [0.717, 1.165) is 50.6 Å². The van der Waals surface area contributed by atoms with Gasteiger partial charge in [0.05, 0.1) is 23.9 Å². The van der Waals surface area contributed by atoms with Crippen molar-refractivity contribution in [3.8, 4) is 5.69 Å². The Bertz CT molecular complexity index is 754. The molecule has 1 saturated heterocycles. The number of anilines is 1. The normalized spacial score (nSPS) is 15.4. The van der Waals surface area contributed by atoms with Crippen LogP contribution in [0.4, 0.5) is 5.69 Å². The fourth-order valence-electron chi connectivity index (χ4n) is 2.78. The summed E-state index contributed by atoms with van der Waals surface area (Å²) >= 11 is 6.39. The van der Waals surface area contributed by atoms with Crippen LogP contribution in [0.25, 0.3) is 5.69 Å². The van der Waals surface area contributed by atoms with Crippen molar-refractivity contribution in [1.82, 2.24) is 9.47 Å². The van der Waals surface area contributed by atoms with Gasteiger partial charge in [0.15, 0.2) is 0 Å². The summed E-state index contributed by atoms with van der Waals surface area (Å²) in [4.78, 5) is 14.4.